The zero-order valence-electron chi connectivity index (χ0n) is 9.58. The number of carboxylic acids is 1. The topological polar surface area (TPSA) is 40.5 Å². The van der Waals surface area contributed by atoms with Gasteiger partial charge >= 0.3 is 5.97 Å². The molecule has 3 heteroatoms. The minimum absolute atomic E-state index is 0.167. The normalized spacial score (nSPS) is 29.4. The Morgan fingerprint density at radius 1 is 1.50 bits per heavy atom. The Labute approximate surface area is 86.1 Å². The predicted molar refractivity (Wildman–Crippen MR) is 56.2 cm³/mol. The predicted octanol–water partition coefficient (Wildman–Crippen LogP) is 1.83. The molecule has 0 aromatic carbocycles. The summed E-state index contributed by atoms with van der Waals surface area (Å²) < 4.78 is 0. The highest BCUT2D eigenvalue weighted by Gasteiger charge is 2.38. The van der Waals surface area contributed by atoms with Crippen LogP contribution in [-0.4, -0.2) is 35.6 Å². The van der Waals surface area contributed by atoms with E-state index in [0.717, 1.165) is 19.4 Å². The number of likely N-dealkylation sites (tertiary alicyclic amines) is 1. The van der Waals surface area contributed by atoms with Crippen molar-refractivity contribution in [3.05, 3.63) is 0 Å². The van der Waals surface area contributed by atoms with Crippen LogP contribution in [0.25, 0.3) is 0 Å². The highest BCUT2D eigenvalue weighted by atomic mass is 16.4. The van der Waals surface area contributed by atoms with Gasteiger partial charge in [0, 0.05) is 6.04 Å². The molecule has 82 valence electrons. The van der Waals surface area contributed by atoms with Gasteiger partial charge in [-0.2, -0.15) is 0 Å². The van der Waals surface area contributed by atoms with Crippen molar-refractivity contribution in [2.75, 3.05) is 13.6 Å². The second-order valence-electron chi connectivity index (χ2n) is 5.55. The van der Waals surface area contributed by atoms with Gasteiger partial charge in [-0.1, -0.05) is 20.8 Å². The third-order valence-corrected chi connectivity index (χ3v) is 2.96. The molecule has 1 N–H and O–H groups in total. The average molecular weight is 199 g/mol. The van der Waals surface area contributed by atoms with Crippen molar-refractivity contribution in [3.8, 4) is 0 Å². The smallest absolute Gasteiger partial charge is 0.308 e. The lowest BCUT2D eigenvalue weighted by atomic mass is 9.83. The number of aliphatic carboxylic acids is 1. The molecule has 0 bridgehead atoms. The summed E-state index contributed by atoms with van der Waals surface area (Å²) in [6.45, 7) is 7.41. The first-order valence-corrected chi connectivity index (χ1v) is 5.24. The fourth-order valence-corrected chi connectivity index (χ4v) is 2.22. The number of nitrogens with zero attached hydrogens (tertiary/aromatic N) is 1. The zero-order chi connectivity index (χ0) is 10.9. The molecule has 0 amide bonds. The number of carbonyl (C=O) groups is 1. The van der Waals surface area contributed by atoms with Gasteiger partial charge in [-0.05, 0) is 31.8 Å². The largest absolute Gasteiger partial charge is 0.481 e. The van der Waals surface area contributed by atoms with E-state index in [4.69, 9.17) is 5.11 Å². The molecule has 0 spiro atoms. The fourth-order valence-electron chi connectivity index (χ4n) is 2.22. The molecule has 1 aliphatic heterocycles. The van der Waals surface area contributed by atoms with Crippen molar-refractivity contribution in [3.63, 3.8) is 0 Å². The highest BCUT2D eigenvalue weighted by Crippen LogP contribution is 2.32. The molecule has 0 aromatic rings. The second-order valence-corrected chi connectivity index (χ2v) is 5.55. The van der Waals surface area contributed by atoms with Crippen LogP contribution >= 0.6 is 0 Å². The Morgan fingerprint density at radius 3 is 2.50 bits per heavy atom. The van der Waals surface area contributed by atoms with Gasteiger partial charge in [0.25, 0.3) is 0 Å². The Balaban J connectivity index is 2.67. The van der Waals surface area contributed by atoms with Crippen LogP contribution in [0.4, 0.5) is 0 Å². The van der Waals surface area contributed by atoms with E-state index in [1.54, 1.807) is 0 Å². The van der Waals surface area contributed by atoms with Crippen molar-refractivity contribution >= 4 is 5.97 Å². The van der Waals surface area contributed by atoms with Gasteiger partial charge in [-0.25, -0.2) is 0 Å². The third kappa shape index (κ3) is 2.71. The fraction of sp³-hybridized carbons (Fsp3) is 0.909. The summed E-state index contributed by atoms with van der Waals surface area (Å²) >= 11 is 0. The summed E-state index contributed by atoms with van der Waals surface area (Å²) in [5.41, 5.74) is 0.205. The SMILES string of the molecule is CN1CCC(C(=O)O)C1CC(C)(C)C. The minimum atomic E-state index is -0.636. The Morgan fingerprint density at radius 2 is 2.07 bits per heavy atom. The molecule has 0 aliphatic carbocycles. The van der Waals surface area contributed by atoms with Crippen LogP contribution in [0.5, 0.6) is 0 Å². The standard InChI is InChI=1S/C11H21NO2/c1-11(2,3)7-9-8(10(13)14)5-6-12(9)4/h8-9H,5-7H2,1-4H3,(H,13,14). The summed E-state index contributed by atoms with van der Waals surface area (Å²) in [4.78, 5) is 13.2. The Bertz CT molecular complexity index is 220. The van der Waals surface area contributed by atoms with E-state index in [9.17, 15) is 4.79 Å². The van der Waals surface area contributed by atoms with Gasteiger partial charge < -0.3 is 10.0 Å². The van der Waals surface area contributed by atoms with Crippen LogP contribution in [0.2, 0.25) is 0 Å². The number of hydrogen-bond acceptors (Lipinski definition) is 2. The van der Waals surface area contributed by atoms with Crippen LogP contribution in [-0.2, 0) is 4.79 Å². The van der Waals surface area contributed by atoms with Crippen molar-refractivity contribution in [1.29, 1.82) is 0 Å². The number of carboxylic acid groups (broad SMARTS) is 1. The molecule has 1 aliphatic rings. The van der Waals surface area contributed by atoms with E-state index in [1.807, 2.05) is 7.05 Å². The van der Waals surface area contributed by atoms with Gasteiger partial charge in [0.1, 0.15) is 0 Å². The molecule has 0 saturated carbocycles. The summed E-state index contributed by atoms with van der Waals surface area (Å²) in [6.07, 6.45) is 1.76. The van der Waals surface area contributed by atoms with E-state index in [1.165, 1.54) is 0 Å². The van der Waals surface area contributed by atoms with E-state index in [0.29, 0.717) is 0 Å². The van der Waals surface area contributed by atoms with E-state index in [2.05, 4.69) is 25.7 Å². The average Bonchev–Trinajstić information content (AvgIpc) is 2.29. The lowest BCUT2D eigenvalue weighted by molar-refractivity contribution is -0.142. The molecule has 2 atom stereocenters. The third-order valence-electron chi connectivity index (χ3n) is 2.96. The van der Waals surface area contributed by atoms with E-state index >= 15 is 0 Å². The van der Waals surface area contributed by atoms with Crippen LogP contribution in [0, 0.1) is 11.3 Å². The molecule has 0 aromatic heterocycles. The molecular formula is C11H21NO2. The van der Waals surface area contributed by atoms with Gasteiger partial charge in [-0.3, -0.25) is 4.79 Å². The van der Waals surface area contributed by atoms with Crippen molar-refractivity contribution in [2.24, 2.45) is 11.3 Å². The molecule has 1 rings (SSSR count). The summed E-state index contributed by atoms with van der Waals surface area (Å²) in [5.74, 6) is -0.803. The maximum Gasteiger partial charge on any atom is 0.308 e. The van der Waals surface area contributed by atoms with Crippen LogP contribution in [0.3, 0.4) is 0 Å². The summed E-state index contributed by atoms with van der Waals surface area (Å²) in [7, 11) is 2.03. The molecular weight excluding hydrogens is 178 g/mol. The van der Waals surface area contributed by atoms with E-state index in [-0.39, 0.29) is 17.4 Å². The van der Waals surface area contributed by atoms with Crippen LogP contribution in [0.15, 0.2) is 0 Å². The first-order chi connectivity index (χ1) is 6.31. The molecule has 3 nitrogen and oxygen atoms in total. The summed E-state index contributed by atoms with van der Waals surface area (Å²) in [5, 5.41) is 9.07. The summed E-state index contributed by atoms with van der Waals surface area (Å²) in [6, 6.07) is 0.215. The van der Waals surface area contributed by atoms with Gasteiger partial charge in [0.05, 0.1) is 5.92 Å². The van der Waals surface area contributed by atoms with Gasteiger partial charge in [-0.15, -0.1) is 0 Å². The Hall–Kier alpha value is -0.570. The molecule has 1 fully saturated rings. The highest BCUT2D eigenvalue weighted by molar-refractivity contribution is 5.71. The number of hydrogen-bond donors (Lipinski definition) is 1. The van der Waals surface area contributed by atoms with Crippen LogP contribution in [0.1, 0.15) is 33.6 Å². The minimum Gasteiger partial charge on any atom is -0.481 e. The molecule has 0 radical (unpaired) electrons. The maximum absolute atomic E-state index is 11.0. The van der Waals surface area contributed by atoms with Crippen molar-refractivity contribution in [1.82, 2.24) is 4.90 Å². The molecule has 2 unspecified atom stereocenters. The first kappa shape index (κ1) is 11.5. The van der Waals surface area contributed by atoms with Gasteiger partial charge in [0.2, 0.25) is 0 Å². The zero-order valence-corrected chi connectivity index (χ0v) is 9.58. The maximum atomic E-state index is 11.0. The molecule has 1 heterocycles. The number of rotatable bonds is 2. The first-order valence-electron chi connectivity index (χ1n) is 5.24. The van der Waals surface area contributed by atoms with Crippen molar-refractivity contribution < 1.29 is 9.90 Å². The lowest BCUT2D eigenvalue weighted by Crippen LogP contribution is -2.36. The second kappa shape index (κ2) is 3.89. The van der Waals surface area contributed by atoms with E-state index < -0.39 is 5.97 Å². The molecule has 14 heavy (non-hydrogen) atoms. The quantitative estimate of drug-likeness (QED) is 0.737. The monoisotopic (exact) mass is 199 g/mol. The lowest BCUT2D eigenvalue weighted by Gasteiger charge is -2.29. The van der Waals surface area contributed by atoms with Gasteiger partial charge in [0.15, 0.2) is 0 Å². The Kier molecular flexibility index (Phi) is 3.20. The van der Waals surface area contributed by atoms with Crippen molar-refractivity contribution in [2.45, 2.75) is 39.7 Å². The van der Waals surface area contributed by atoms with Crippen LogP contribution < -0.4 is 0 Å². The molecule has 1 saturated heterocycles.